The van der Waals surface area contributed by atoms with E-state index in [1.54, 1.807) is 6.33 Å². The van der Waals surface area contributed by atoms with Crippen LogP contribution in [0.1, 0.15) is 11.3 Å². The maximum Gasteiger partial charge on any atom is 0.116 e. The first kappa shape index (κ1) is 8.88. The third kappa shape index (κ3) is 1.79. The molecule has 2 rings (SSSR count). The molecule has 0 N–H and O–H groups in total. The second-order valence-corrected chi connectivity index (χ2v) is 3.41. The van der Waals surface area contributed by atoms with Gasteiger partial charge in [-0.1, -0.05) is 29.8 Å². The van der Waals surface area contributed by atoms with Gasteiger partial charge in [0, 0.05) is 11.3 Å². The van der Waals surface area contributed by atoms with Crippen molar-refractivity contribution in [2.24, 2.45) is 0 Å². The molecule has 0 fully saturated rings. The van der Waals surface area contributed by atoms with E-state index in [4.69, 9.17) is 0 Å². The third-order valence-electron chi connectivity index (χ3n) is 2.15. The van der Waals surface area contributed by atoms with Crippen molar-refractivity contribution in [2.75, 3.05) is 0 Å². The Kier molecular flexibility index (Phi) is 2.27. The molecule has 70 valence electrons. The summed E-state index contributed by atoms with van der Waals surface area (Å²) >= 11 is 0. The molecule has 1 aromatic heterocycles. The molecule has 1 heterocycles. The Morgan fingerprint density at radius 2 is 1.64 bits per heavy atom. The lowest BCUT2D eigenvalue weighted by Gasteiger charge is -2.01. The number of hydrogen-bond donors (Lipinski definition) is 0. The standard InChI is InChI=1S/C12H12N2/c1-9-3-5-11(6-4-9)12-7-10(2)13-8-14-12/h3-8H,1-2H3. The number of hydrogen-bond acceptors (Lipinski definition) is 2. The summed E-state index contributed by atoms with van der Waals surface area (Å²) < 4.78 is 0. The smallest absolute Gasteiger partial charge is 0.116 e. The number of nitrogens with zero attached hydrogens (tertiary/aromatic N) is 2. The molecule has 2 nitrogen and oxygen atoms in total. The van der Waals surface area contributed by atoms with Crippen LogP contribution in [0.25, 0.3) is 11.3 Å². The predicted octanol–water partition coefficient (Wildman–Crippen LogP) is 2.76. The lowest BCUT2D eigenvalue weighted by atomic mass is 10.1. The Hall–Kier alpha value is -1.70. The largest absolute Gasteiger partial charge is 0.242 e. The van der Waals surface area contributed by atoms with E-state index in [1.807, 2.05) is 13.0 Å². The minimum absolute atomic E-state index is 0.984. The molecule has 0 spiro atoms. The Bertz CT molecular complexity index is 432. The van der Waals surface area contributed by atoms with E-state index in [0.717, 1.165) is 17.0 Å². The summed E-state index contributed by atoms with van der Waals surface area (Å²) in [5.41, 5.74) is 4.38. The van der Waals surface area contributed by atoms with Gasteiger partial charge in [0.25, 0.3) is 0 Å². The van der Waals surface area contributed by atoms with Gasteiger partial charge in [0.05, 0.1) is 5.69 Å². The summed E-state index contributed by atoms with van der Waals surface area (Å²) in [5.74, 6) is 0. The van der Waals surface area contributed by atoms with Crippen molar-refractivity contribution < 1.29 is 0 Å². The molecule has 0 unspecified atom stereocenters. The first-order valence-corrected chi connectivity index (χ1v) is 4.61. The minimum Gasteiger partial charge on any atom is -0.242 e. The van der Waals surface area contributed by atoms with Gasteiger partial charge in [-0.3, -0.25) is 0 Å². The Morgan fingerprint density at radius 1 is 0.929 bits per heavy atom. The zero-order valence-corrected chi connectivity index (χ0v) is 8.36. The molecule has 0 saturated heterocycles. The van der Waals surface area contributed by atoms with Crippen molar-refractivity contribution in [3.8, 4) is 11.3 Å². The SMILES string of the molecule is Cc1ccc(-c2cc(C)ncn2)cc1. The van der Waals surface area contributed by atoms with Crippen molar-refractivity contribution in [1.29, 1.82) is 0 Å². The van der Waals surface area contributed by atoms with E-state index in [9.17, 15) is 0 Å². The van der Waals surface area contributed by atoms with E-state index in [1.165, 1.54) is 5.56 Å². The highest BCUT2D eigenvalue weighted by Gasteiger charge is 1.98. The normalized spacial score (nSPS) is 10.1. The van der Waals surface area contributed by atoms with Crippen LogP contribution in [0, 0.1) is 13.8 Å². The van der Waals surface area contributed by atoms with Gasteiger partial charge in [0.2, 0.25) is 0 Å². The van der Waals surface area contributed by atoms with Gasteiger partial charge in [-0.2, -0.15) is 0 Å². The molecule has 14 heavy (non-hydrogen) atoms. The van der Waals surface area contributed by atoms with Crippen molar-refractivity contribution in [1.82, 2.24) is 9.97 Å². The molecule has 0 aliphatic heterocycles. The molecule has 0 aliphatic carbocycles. The molecule has 2 aromatic rings. The van der Waals surface area contributed by atoms with Crippen molar-refractivity contribution in [2.45, 2.75) is 13.8 Å². The maximum atomic E-state index is 4.23. The lowest BCUT2D eigenvalue weighted by molar-refractivity contribution is 1.11. The number of rotatable bonds is 1. The summed E-state index contributed by atoms with van der Waals surface area (Å²) in [6, 6.07) is 10.3. The highest BCUT2D eigenvalue weighted by atomic mass is 14.8. The van der Waals surface area contributed by atoms with Crippen molar-refractivity contribution in [3.05, 3.63) is 47.9 Å². The highest BCUT2D eigenvalue weighted by molar-refractivity contribution is 5.59. The molecule has 0 aliphatic rings. The molecule has 0 saturated carbocycles. The van der Waals surface area contributed by atoms with Gasteiger partial charge < -0.3 is 0 Å². The maximum absolute atomic E-state index is 4.23. The van der Waals surface area contributed by atoms with E-state index >= 15 is 0 Å². The fourth-order valence-electron chi connectivity index (χ4n) is 1.34. The van der Waals surface area contributed by atoms with Crippen molar-refractivity contribution >= 4 is 0 Å². The number of aryl methyl sites for hydroxylation is 2. The number of aromatic nitrogens is 2. The zero-order valence-electron chi connectivity index (χ0n) is 8.36. The van der Waals surface area contributed by atoms with Crippen LogP contribution in [0.3, 0.4) is 0 Å². The van der Waals surface area contributed by atoms with Gasteiger partial charge in [0.1, 0.15) is 6.33 Å². The van der Waals surface area contributed by atoms with Crippen molar-refractivity contribution in [3.63, 3.8) is 0 Å². The average molecular weight is 184 g/mol. The Balaban J connectivity index is 2.44. The van der Waals surface area contributed by atoms with Crippen LogP contribution in [0.4, 0.5) is 0 Å². The molecule has 0 radical (unpaired) electrons. The monoisotopic (exact) mass is 184 g/mol. The van der Waals surface area contributed by atoms with E-state index < -0.39 is 0 Å². The van der Waals surface area contributed by atoms with Gasteiger partial charge in [-0.05, 0) is 19.9 Å². The topological polar surface area (TPSA) is 25.8 Å². The summed E-state index contributed by atoms with van der Waals surface area (Å²) in [6.45, 7) is 4.05. The molecular formula is C12H12N2. The molecule has 0 amide bonds. The van der Waals surface area contributed by atoms with Crippen LogP contribution in [-0.4, -0.2) is 9.97 Å². The lowest BCUT2D eigenvalue weighted by Crippen LogP contribution is -1.87. The minimum atomic E-state index is 0.984. The Morgan fingerprint density at radius 3 is 2.29 bits per heavy atom. The van der Waals surface area contributed by atoms with Gasteiger partial charge in [-0.15, -0.1) is 0 Å². The quantitative estimate of drug-likeness (QED) is 0.681. The van der Waals surface area contributed by atoms with Crippen LogP contribution in [-0.2, 0) is 0 Å². The highest BCUT2D eigenvalue weighted by Crippen LogP contribution is 2.16. The van der Waals surface area contributed by atoms with Gasteiger partial charge in [-0.25, -0.2) is 9.97 Å². The molecular weight excluding hydrogens is 172 g/mol. The van der Waals surface area contributed by atoms with E-state index in [2.05, 4.69) is 41.2 Å². The molecule has 0 atom stereocenters. The summed E-state index contributed by atoms with van der Waals surface area (Å²) in [6.07, 6.45) is 1.60. The van der Waals surface area contributed by atoms with Crippen LogP contribution in [0.5, 0.6) is 0 Å². The van der Waals surface area contributed by atoms with Crippen LogP contribution < -0.4 is 0 Å². The predicted molar refractivity (Wildman–Crippen MR) is 56.9 cm³/mol. The number of benzene rings is 1. The Labute approximate surface area is 83.7 Å². The summed E-state index contributed by atoms with van der Waals surface area (Å²) in [5, 5.41) is 0. The molecule has 2 heteroatoms. The van der Waals surface area contributed by atoms with Crippen LogP contribution in [0.15, 0.2) is 36.7 Å². The fraction of sp³-hybridized carbons (Fsp3) is 0.167. The summed E-state index contributed by atoms with van der Waals surface area (Å²) in [7, 11) is 0. The van der Waals surface area contributed by atoms with Gasteiger partial charge in [0.15, 0.2) is 0 Å². The first-order valence-electron chi connectivity index (χ1n) is 4.61. The van der Waals surface area contributed by atoms with Crippen LogP contribution >= 0.6 is 0 Å². The fourth-order valence-corrected chi connectivity index (χ4v) is 1.34. The molecule has 1 aromatic carbocycles. The van der Waals surface area contributed by atoms with Gasteiger partial charge >= 0.3 is 0 Å². The zero-order chi connectivity index (χ0) is 9.97. The second-order valence-electron chi connectivity index (χ2n) is 3.41. The third-order valence-corrected chi connectivity index (χ3v) is 2.15. The average Bonchev–Trinajstić information content (AvgIpc) is 2.19. The summed E-state index contributed by atoms with van der Waals surface area (Å²) in [4.78, 5) is 8.30. The second kappa shape index (κ2) is 3.58. The molecule has 0 bridgehead atoms. The van der Waals surface area contributed by atoms with E-state index in [0.29, 0.717) is 0 Å². The first-order chi connectivity index (χ1) is 6.75. The van der Waals surface area contributed by atoms with E-state index in [-0.39, 0.29) is 0 Å². The van der Waals surface area contributed by atoms with Crippen LogP contribution in [0.2, 0.25) is 0 Å².